The molecule has 92 valence electrons. The van der Waals surface area contributed by atoms with Gasteiger partial charge in [0.1, 0.15) is 11.8 Å². The van der Waals surface area contributed by atoms with E-state index in [2.05, 4.69) is 41.4 Å². The van der Waals surface area contributed by atoms with Gasteiger partial charge in [-0.3, -0.25) is 0 Å². The normalized spacial score (nSPS) is 12.0. The molecule has 0 saturated heterocycles. The molecule has 0 atom stereocenters. The largest absolute Gasteiger partial charge is 0.350 e. The van der Waals surface area contributed by atoms with E-state index in [-0.39, 0.29) is 0 Å². The van der Waals surface area contributed by atoms with Crippen molar-refractivity contribution in [1.29, 1.82) is 0 Å². The maximum absolute atomic E-state index is 4.43. The molecule has 0 aliphatic heterocycles. The smallest absolute Gasteiger partial charge is 0.205 e. The van der Waals surface area contributed by atoms with E-state index in [1.165, 1.54) is 6.33 Å². The number of anilines is 1. The summed E-state index contributed by atoms with van der Waals surface area (Å²) in [5.74, 6) is 0.842. The number of aryl methyl sites for hydroxylation is 1. The fourth-order valence-electron chi connectivity index (χ4n) is 1.59. The van der Waals surface area contributed by atoms with Crippen LogP contribution in [0.25, 0.3) is 11.2 Å². The van der Waals surface area contributed by atoms with Gasteiger partial charge in [-0.05, 0) is 0 Å². The van der Waals surface area contributed by atoms with Gasteiger partial charge in [0.25, 0.3) is 0 Å². The molecule has 0 unspecified atom stereocenters. The molecule has 0 amide bonds. The molecule has 2 aromatic rings. The first-order chi connectivity index (χ1) is 7.97. The van der Waals surface area contributed by atoms with E-state index < -0.39 is 0 Å². The van der Waals surface area contributed by atoms with Crippen molar-refractivity contribution < 1.29 is 4.48 Å². The molecule has 0 spiro atoms. The van der Waals surface area contributed by atoms with Gasteiger partial charge in [-0.15, -0.1) is 0 Å². The first kappa shape index (κ1) is 11.8. The molecule has 17 heavy (non-hydrogen) atoms. The minimum absolute atomic E-state index is 0.732. The number of hydrogen-bond acceptors (Lipinski definition) is 4. The first-order valence-electron chi connectivity index (χ1n) is 5.64. The van der Waals surface area contributed by atoms with Gasteiger partial charge >= 0.3 is 0 Å². The van der Waals surface area contributed by atoms with Crippen LogP contribution in [0.4, 0.5) is 5.95 Å². The van der Waals surface area contributed by atoms with Crippen LogP contribution >= 0.6 is 0 Å². The Kier molecular flexibility index (Phi) is 2.97. The lowest BCUT2D eigenvalue weighted by Gasteiger charge is -2.23. The van der Waals surface area contributed by atoms with Crippen LogP contribution in [-0.2, 0) is 7.05 Å². The fourth-order valence-corrected chi connectivity index (χ4v) is 1.59. The number of nitrogens with zero attached hydrogens (tertiary/aromatic N) is 5. The Morgan fingerprint density at radius 3 is 2.76 bits per heavy atom. The summed E-state index contributed by atoms with van der Waals surface area (Å²) in [6.45, 7) is 1.92. The first-order valence-corrected chi connectivity index (χ1v) is 5.64. The van der Waals surface area contributed by atoms with Crippen LogP contribution in [0.2, 0.25) is 0 Å². The van der Waals surface area contributed by atoms with Crippen molar-refractivity contribution in [2.75, 3.05) is 39.5 Å². The predicted molar refractivity (Wildman–Crippen MR) is 67.7 cm³/mol. The Hall–Kier alpha value is -1.69. The highest BCUT2D eigenvalue weighted by molar-refractivity contribution is 5.73. The number of nitrogens with one attached hydrogen (secondary N) is 1. The van der Waals surface area contributed by atoms with Crippen molar-refractivity contribution in [3.8, 4) is 0 Å². The van der Waals surface area contributed by atoms with E-state index in [0.717, 1.165) is 34.7 Å². The van der Waals surface area contributed by atoms with Crippen molar-refractivity contribution in [3.63, 3.8) is 0 Å². The summed E-state index contributed by atoms with van der Waals surface area (Å²) in [5.41, 5.74) is 1.68. The van der Waals surface area contributed by atoms with E-state index in [0.29, 0.717) is 0 Å². The zero-order valence-corrected chi connectivity index (χ0v) is 10.8. The Labute approximate surface area is 101 Å². The van der Waals surface area contributed by atoms with Crippen molar-refractivity contribution in [1.82, 2.24) is 19.5 Å². The molecular weight excluding hydrogens is 216 g/mol. The van der Waals surface area contributed by atoms with Crippen LogP contribution in [0.5, 0.6) is 0 Å². The zero-order chi connectivity index (χ0) is 12.5. The van der Waals surface area contributed by atoms with E-state index in [4.69, 9.17) is 0 Å². The van der Waals surface area contributed by atoms with Crippen LogP contribution in [0.15, 0.2) is 12.5 Å². The molecule has 0 saturated carbocycles. The number of likely N-dealkylation sites (N-methyl/N-ethyl adjacent to an activating group) is 1. The second kappa shape index (κ2) is 4.29. The van der Waals surface area contributed by atoms with Gasteiger partial charge in [-0.25, -0.2) is 9.97 Å². The van der Waals surface area contributed by atoms with Crippen molar-refractivity contribution >= 4 is 17.1 Å². The summed E-state index contributed by atoms with van der Waals surface area (Å²) in [5, 5.41) is 3.33. The molecule has 1 N–H and O–H groups in total. The topological polar surface area (TPSA) is 55.6 Å². The van der Waals surface area contributed by atoms with Gasteiger partial charge in [-0.1, -0.05) is 0 Å². The lowest BCUT2D eigenvalue weighted by molar-refractivity contribution is -0.868. The third kappa shape index (κ3) is 2.71. The lowest BCUT2D eigenvalue weighted by Crippen LogP contribution is -2.38. The summed E-state index contributed by atoms with van der Waals surface area (Å²) in [7, 11) is 8.47. The molecule has 6 heteroatoms. The van der Waals surface area contributed by atoms with Gasteiger partial charge in [0.05, 0.1) is 40.4 Å². The van der Waals surface area contributed by atoms with E-state index in [1.807, 2.05) is 11.6 Å². The summed E-state index contributed by atoms with van der Waals surface area (Å²) in [6, 6.07) is 0. The zero-order valence-electron chi connectivity index (χ0n) is 10.8. The Balaban J connectivity index is 2.11. The molecule has 0 bridgehead atoms. The third-order valence-corrected chi connectivity index (χ3v) is 2.63. The quantitative estimate of drug-likeness (QED) is 0.783. The van der Waals surface area contributed by atoms with Gasteiger partial charge in [0.2, 0.25) is 5.95 Å². The summed E-state index contributed by atoms with van der Waals surface area (Å²) in [4.78, 5) is 12.6. The molecule has 2 rings (SSSR count). The minimum Gasteiger partial charge on any atom is -0.350 e. The maximum atomic E-state index is 4.43. The molecule has 0 fully saturated rings. The second-order valence-corrected chi connectivity index (χ2v) is 5.17. The van der Waals surface area contributed by atoms with Gasteiger partial charge in [0, 0.05) is 7.05 Å². The predicted octanol–water partition coefficient (Wildman–Crippen LogP) is 0.481. The van der Waals surface area contributed by atoms with E-state index in [1.54, 1.807) is 6.20 Å². The Morgan fingerprint density at radius 2 is 2.12 bits per heavy atom. The van der Waals surface area contributed by atoms with Crippen molar-refractivity contribution in [2.24, 2.45) is 7.05 Å². The van der Waals surface area contributed by atoms with Gasteiger partial charge in [-0.2, -0.15) is 4.98 Å². The summed E-state index contributed by atoms with van der Waals surface area (Å²) in [6.07, 6.45) is 3.30. The number of aromatic nitrogens is 4. The standard InChI is InChI=1S/C11H19N6/c1-16-9-7-12-8-14-10(9)15-11(16)13-5-6-17(2,3)4/h7-8H,5-6H2,1-4H3,(H,12,13,14,15)/q+1. The Bertz CT molecular complexity index is 510. The molecule has 6 nitrogen and oxygen atoms in total. The van der Waals surface area contributed by atoms with E-state index >= 15 is 0 Å². The molecule has 0 aromatic carbocycles. The lowest BCUT2D eigenvalue weighted by atomic mass is 10.5. The highest BCUT2D eigenvalue weighted by Gasteiger charge is 2.10. The number of fused-ring (bicyclic) bond motifs is 1. The molecule has 2 heterocycles. The molecule has 0 radical (unpaired) electrons. The molecule has 0 aliphatic rings. The second-order valence-electron chi connectivity index (χ2n) is 5.17. The van der Waals surface area contributed by atoms with Crippen LogP contribution in [-0.4, -0.2) is 58.2 Å². The monoisotopic (exact) mass is 235 g/mol. The van der Waals surface area contributed by atoms with Crippen LogP contribution in [0.3, 0.4) is 0 Å². The maximum Gasteiger partial charge on any atom is 0.205 e. The molecule has 0 aliphatic carbocycles. The highest BCUT2D eigenvalue weighted by Crippen LogP contribution is 2.14. The van der Waals surface area contributed by atoms with Crippen molar-refractivity contribution in [3.05, 3.63) is 12.5 Å². The number of rotatable bonds is 4. The average molecular weight is 235 g/mol. The van der Waals surface area contributed by atoms with Crippen LogP contribution in [0, 0.1) is 0 Å². The van der Waals surface area contributed by atoms with Crippen LogP contribution < -0.4 is 5.32 Å². The number of imidazole rings is 1. The average Bonchev–Trinajstić information content (AvgIpc) is 2.55. The molecule has 2 aromatic heterocycles. The summed E-state index contributed by atoms with van der Waals surface area (Å²) >= 11 is 0. The number of quaternary nitrogens is 1. The third-order valence-electron chi connectivity index (χ3n) is 2.63. The SMILES string of the molecule is Cn1c(NCC[N+](C)(C)C)nc2ncncc21. The van der Waals surface area contributed by atoms with Crippen LogP contribution in [0.1, 0.15) is 0 Å². The fraction of sp³-hybridized carbons (Fsp3) is 0.545. The summed E-state index contributed by atoms with van der Waals surface area (Å²) < 4.78 is 2.90. The number of hydrogen-bond donors (Lipinski definition) is 1. The van der Waals surface area contributed by atoms with Gasteiger partial charge in [0.15, 0.2) is 5.65 Å². The minimum atomic E-state index is 0.732. The van der Waals surface area contributed by atoms with Gasteiger partial charge < -0.3 is 14.4 Å². The van der Waals surface area contributed by atoms with E-state index in [9.17, 15) is 0 Å². The molecular formula is C11H19N6+. The highest BCUT2D eigenvalue weighted by atomic mass is 15.3. The Morgan fingerprint density at radius 1 is 1.35 bits per heavy atom. The van der Waals surface area contributed by atoms with Crippen molar-refractivity contribution in [2.45, 2.75) is 0 Å².